The molecule has 1 aromatic heterocycles. The summed E-state index contributed by atoms with van der Waals surface area (Å²) < 4.78 is 22.1. The zero-order valence-corrected chi connectivity index (χ0v) is 15.6. The number of rotatable bonds is 8. The molecule has 0 saturated heterocycles. The number of allylic oxidation sites excluding steroid dienone is 1. The van der Waals surface area contributed by atoms with Gasteiger partial charge < -0.3 is 18.0 Å². The summed E-state index contributed by atoms with van der Waals surface area (Å²) in [5.41, 5.74) is 0.749. The summed E-state index contributed by atoms with van der Waals surface area (Å²) in [5, 5.41) is 0.958. The van der Waals surface area contributed by atoms with E-state index in [0.717, 1.165) is 11.0 Å². The lowest BCUT2D eigenvalue weighted by atomic mass is 10.0. The third kappa shape index (κ3) is 4.34. The molecular formula is C18H24O5Si. The van der Waals surface area contributed by atoms with Gasteiger partial charge in [0, 0.05) is 19.6 Å². The first-order chi connectivity index (χ1) is 11.4. The highest BCUT2D eigenvalue weighted by atomic mass is 28.4. The fraction of sp³-hybridized carbons (Fsp3) is 0.389. The van der Waals surface area contributed by atoms with Gasteiger partial charge in [0.15, 0.2) is 0 Å². The molecule has 0 amide bonds. The number of ether oxygens (including phenoxy) is 1. The van der Waals surface area contributed by atoms with Gasteiger partial charge in [0.1, 0.15) is 17.3 Å². The van der Waals surface area contributed by atoms with Crippen LogP contribution in [-0.2, 0) is 18.4 Å². The van der Waals surface area contributed by atoms with Crippen LogP contribution >= 0.6 is 0 Å². The van der Waals surface area contributed by atoms with Crippen LogP contribution in [0.4, 0.5) is 0 Å². The molecule has 0 radical (unpaired) electrons. The van der Waals surface area contributed by atoms with E-state index in [2.05, 4.69) is 6.58 Å². The van der Waals surface area contributed by atoms with Crippen molar-refractivity contribution in [3.05, 3.63) is 48.4 Å². The molecule has 0 aliphatic rings. The van der Waals surface area contributed by atoms with Crippen LogP contribution in [0.2, 0.25) is 12.6 Å². The molecule has 0 aliphatic carbocycles. The van der Waals surface area contributed by atoms with Crippen LogP contribution in [-0.4, -0.2) is 28.7 Å². The first-order valence-corrected chi connectivity index (χ1v) is 10.4. The van der Waals surface area contributed by atoms with E-state index in [4.69, 9.17) is 18.0 Å². The van der Waals surface area contributed by atoms with Crippen molar-refractivity contribution >= 4 is 25.5 Å². The molecule has 1 aromatic carbocycles. The summed E-state index contributed by atoms with van der Waals surface area (Å²) in [4.78, 5) is 12.5. The Bertz CT molecular complexity index is 684. The molecule has 130 valence electrons. The molecule has 5 nitrogen and oxygen atoms in total. The van der Waals surface area contributed by atoms with Crippen molar-refractivity contribution in [2.24, 2.45) is 0 Å². The Morgan fingerprint density at radius 2 is 1.96 bits per heavy atom. The molecule has 0 N–H and O–H groups in total. The number of hydrogen-bond acceptors (Lipinski definition) is 5. The number of esters is 1. The third-order valence-electron chi connectivity index (χ3n) is 4.10. The fourth-order valence-electron chi connectivity index (χ4n) is 2.49. The maximum atomic E-state index is 12.5. The summed E-state index contributed by atoms with van der Waals surface area (Å²) in [6.07, 6.45) is 0.524. The molecule has 1 atom stereocenters. The lowest BCUT2D eigenvalue weighted by Crippen LogP contribution is -2.36. The van der Waals surface area contributed by atoms with Crippen molar-refractivity contribution in [3.8, 4) is 0 Å². The second-order valence-corrected chi connectivity index (χ2v) is 9.53. The predicted molar refractivity (Wildman–Crippen MR) is 94.9 cm³/mol. The van der Waals surface area contributed by atoms with Gasteiger partial charge in [0.05, 0.1) is 5.76 Å². The number of para-hydroxylation sites is 1. The maximum Gasteiger partial charge on any atom is 0.334 e. The van der Waals surface area contributed by atoms with E-state index in [1.54, 1.807) is 21.1 Å². The summed E-state index contributed by atoms with van der Waals surface area (Å²) >= 11 is 0. The molecule has 0 bridgehead atoms. The highest BCUT2D eigenvalue weighted by Gasteiger charge is 2.34. The van der Waals surface area contributed by atoms with Crippen molar-refractivity contribution in [3.63, 3.8) is 0 Å². The van der Waals surface area contributed by atoms with Crippen LogP contribution in [0.3, 0.4) is 0 Å². The Kier molecular flexibility index (Phi) is 5.98. The van der Waals surface area contributed by atoms with Gasteiger partial charge in [0.2, 0.25) is 0 Å². The molecule has 0 fully saturated rings. The second kappa shape index (κ2) is 7.79. The smallest absolute Gasteiger partial charge is 0.334 e. The molecule has 1 unspecified atom stereocenters. The van der Waals surface area contributed by atoms with Crippen molar-refractivity contribution in [1.82, 2.24) is 0 Å². The zero-order chi connectivity index (χ0) is 17.7. The molecule has 0 spiro atoms. The van der Waals surface area contributed by atoms with Crippen molar-refractivity contribution in [2.75, 3.05) is 14.2 Å². The Balaban J connectivity index is 2.28. The highest BCUT2D eigenvalue weighted by molar-refractivity contribution is 6.65. The van der Waals surface area contributed by atoms with Gasteiger partial charge >= 0.3 is 14.5 Å². The first-order valence-electron chi connectivity index (χ1n) is 7.84. The molecule has 6 heteroatoms. The number of fused-ring (bicyclic) bond motifs is 1. The summed E-state index contributed by atoms with van der Waals surface area (Å²) in [6, 6.07) is 10.2. The van der Waals surface area contributed by atoms with E-state index in [-0.39, 0.29) is 5.97 Å². The van der Waals surface area contributed by atoms with Crippen LogP contribution in [0.15, 0.2) is 47.1 Å². The summed E-state index contributed by atoms with van der Waals surface area (Å²) in [5.74, 6) is 0.0574. The number of carbonyl (C=O) groups excluding carboxylic acids is 1. The van der Waals surface area contributed by atoms with Crippen LogP contribution < -0.4 is 0 Å². The normalized spacial score (nSPS) is 13.0. The van der Waals surface area contributed by atoms with E-state index in [0.29, 0.717) is 24.0 Å². The van der Waals surface area contributed by atoms with Crippen LogP contribution in [0.5, 0.6) is 0 Å². The standard InChI is InChI=1S/C18H24O5Si/c1-13(2)22-18(19)15(10-11-24(5,20-3)21-4)17-12-14-8-6-7-9-16(14)23-17/h6-9,12,15H,1,10-11H2,2-5H3. The average Bonchev–Trinajstić information content (AvgIpc) is 2.97. The minimum Gasteiger partial charge on any atom is -0.460 e. The largest absolute Gasteiger partial charge is 0.460 e. The van der Waals surface area contributed by atoms with E-state index >= 15 is 0 Å². The topological polar surface area (TPSA) is 57.9 Å². The van der Waals surface area contributed by atoms with Gasteiger partial charge in [-0.1, -0.05) is 24.8 Å². The summed E-state index contributed by atoms with van der Waals surface area (Å²) in [7, 11) is 0.984. The van der Waals surface area contributed by atoms with Crippen molar-refractivity contribution in [1.29, 1.82) is 0 Å². The molecule has 2 rings (SSSR count). The molecule has 0 aliphatic heterocycles. The zero-order valence-electron chi connectivity index (χ0n) is 14.6. The number of carbonyl (C=O) groups is 1. The van der Waals surface area contributed by atoms with Crippen LogP contribution in [0.1, 0.15) is 25.0 Å². The number of hydrogen-bond donors (Lipinski definition) is 0. The lowest BCUT2D eigenvalue weighted by molar-refractivity contribution is -0.141. The van der Waals surface area contributed by atoms with Crippen molar-refractivity contribution in [2.45, 2.75) is 31.9 Å². The third-order valence-corrected chi connectivity index (χ3v) is 7.02. The maximum absolute atomic E-state index is 12.5. The molecule has 1 heterocycles. The molecular weight excluding hydrogens is 324 g/mol. The first kappa shape index (κ1) is 18.4. The minimum atomic E-state index is -2.29. The van der Waals surface area contributed by atoms with Gasteiger partial charge in [-0.15, -0.1) is 0 Å². The molecule has 2 aromatic rings. The monoisotopic (exact) mass is 348 g/mol. The average molecular weight is 348 g/mol. The van der Waals surface area contributed by atoms with E-state index in [9.17, 15) is 4.79 Å². The lowest BCUT2D eigenvalue weighted by Gasteiger charge is -2.24. The SMILES string of the molecule is C=C(C)OC(=O)C(CC[Si](C)(OC)OC)c1cc2ccccc2o1. The van der Waals surface area contributed by atoms with Gasteiger partial charge in [-0.05, 0) is 38.1 Å². The Labute approximate surface area is 143 Å². The Hall–Kier alpha value is -1.89. The van der Waals surface area contributed by atoms with Crippen LogP contribution in [0.25, 0.3) is 11.0 Å². The Morgan fingerprint density at radius 3 is 2.54 bits per heavy atom. The fourth-order valence-corrected chi connectivity index (χ4v) is 3.88. The predicted octanol–water partition coefficient (Wildman–Crippen LogP) is 4.35. The summed E-state index contributed by atoms with van der Waals surface area (Å²) in [6.45, 7) is 7.26. The van der Waals surface area contributed by atoms with E-state index < -0.39 is 14.5 Å². The van der Waals surface area contributed by atoms with Crippen LogP contribution in [0, 0.1) is 0 Å². The van der Waals surface area contributed by atoms with Gasteiger partial charge in [-0.3, -0.25) is 4.79 Å². The Morgan fingerprint density at radius 1 is 1.29 bits per heavy atom. The number of furan rings is 1. The van der Waals surface area contributed by atoms with Gasteiger partial charge in [-0.2, -0.15) is 0 Å². The molecule has 24 heavy (non-hydrogen) atoms. The second-order valence-electron chi connectivity index (χ2n) is 5.94. The number of benzene rings is 1. The van der Waals surface area contributed by atoms with Gasteiger partial charge in [0.25, 0.3) is 0 Å². The van der Waals surface area contributed by atoms with Crippen molar-refractivity contribution < 1.29 is 22.8 Å². The van der Waals surface area contributed by atoms with Gasteiger partial charge in [-0.25, -0.2) is 0 Å². The minimum absolute atomic E-state index is 0.361. The highest BCUT2D eigenvalue weighted by Crippen LogP contribution is 2.31. The quantitative estimate of drug-likeness (QED) is 0.403. The molecule has 0 saturated carbocycles. The van der Waals surface area contributed by atoms with E-state index in [1.807, 2.05) is 36.9 Å². The van der Waals surface area contributed by atoms with E-state index in [1.165, 1.54) is 0 Å².